The number of thiazole rings is 1. The minimum absolute atomic E-state index is 0.314. The molecule has 3 rings (SSSR count). The highest BCUT2D eigenvalue weighted by Crippen LogP contribution is 2.33. The fraction of sp³-hybridized carbons (Fsp3) is 0.214. The topological polar surface area (TPSA) is 59.5 Å². The molecule has 1 aromatic heterocycles. The molecule has 6 heteroatoms. The van der Waals surface area contributed by atoms with Crippen molar-refractivity contribution < 1.29 is 14.3 Å². The van der Waals surface area contributed by atoms with E-state index in [1.54, 1.807) is 18.2 Å². The summed E-state index contributed by atoms with van der Waals surface area (Å²) in [5.74, 6) is -0.444. The van der Waals surface area contributed by atoms with Gasteiger partial charge in [-0.25, -0.2) is 4.98 Å². The van der Waals surface area contributed by atoms with Crippen LogP contribution in [-0.4, -0.2) is 23.8 Å². The average Bonchev–Trinajstić information content (AvgIpc) is 2.96. The zero-order chi connectivity index (χ0) is 14.3. The smallest absolute Gasteiger partial charge is 0.299 e. The number of ketones is 1. The molecule has 0 fully saturated rings. The zero-order valence-corrected chi connectivity index (χ0v) is 11.9. The van der Waals surface area contributed by atoms with Gasteiger partial charge in [-0.15, -0.1) is 11.3 Å². The third-order valence-corrected chi connectivity index (χ3v) is 3.99. The van der Waals surface area contributed by atoms with Gasteiger partial charge in [0, 0.05) is 5.38 Å². The number of hydrogen-bond acceptors (Lipinski definition) is 5. The molecule has 1 aromatic carbocycles. The fourth-order valence-electron chi connectivity index (χ4n) is 2.21. The number of aromatic nitrogens is 1. The van der Waals surface area contributed by atoms with Crippen molar-refractivity contribution in [3.63, 3.8) is 0 Å². The van der Waals surface area contributed by atoms with E-state index in [1.807, 2.05) is 12.3 Å². The lowest BCUT2D eigenvalue weighted by atomic mass is 10.1. The summed E-state index contributed by atoms with van der Waals surface area (Å²) in [5.41, 5.74) is 1.80. The Morgan fingerprint density at radius 3 is 2.80 bits per heavy atom. The number of rotatable bonds is 3. The molecule has 20 heavy (non-hydrogen) atoms. The van der Waals surface area contributed by atoms with Crippen LogP contribution in [0.25, 0.3) is 0 Å². The van der Waals surface area contributed by atoms with Crippen LogP contribution in [0.3, 0.4) is 0 Å². The normalized spacial score (nSPS) is 13.8. The van der Waals surface area contributed by atoms with Gasteiger partial charge in [0.1, 0.15) is 5.75 Å². The highest BCUT2D eigenvalue weighted by Gasteiger charge is 2.36. The second kappa shape index (κ2) is 4.72. The summed E-state index contributed by atoms with van der Waals surface area (Å²) >= 11 is 1.52. The summed E-state index contributed by atoms with van der Waals surface area (Å²) in [4.78, 5) is 29.9. The molecule has 0 unspecified atom stereocenters. The van der Waals surface area contributed by atoms with Crippen molar-refractivity contribution in [2.45, 2.75) is 13.5 Å². The van der Waals surface area contributed by atoms with E-state index in [0.717, 1.165) is 10.7 Å². The largest absolute Gasteiger partial charge is 0.497 e. The van der Waals surface area contributed by atoms with E-state index in [0.29, 0.717) is 23.5 Å². The Kier molecular flexibility index (Phi) is 3.02. The van der Waals surface area contributed by atoms with Crippen molar-refractivity contribution in [3.8, 4) is 5.75 Å². The van der Waals surface area contributed by atoms with Gasteiger partial charge in [-0.1, -0.05) is 0 Å². The number of methoxy groups -OCH3 is 1. The second-order valence-corrected chi connectivity index (χ2v) is 5.52. The fourth-order valence-corrected chi connectivity index (χ4v) is 2.81. The number of hydrogen-bond donors (Lipinski definition) is 0. The van der Waals surface area contributed by atoms with Crippen molar-refractivity contribution in [3.05, 3.63) is 39.8 Å². The van der Waals surface area contributed by atoms with Gasteiger partial charge in [-0.3, -0.25) is 14.5 Å². The van der Waals surface area contributed by atoms with E-state index in [9.17, 15) is 9.59 Å². The van der Waals surface area contributed by atoms with Crippen LogP contribution in [0.4, 0.5) is 5.69 Å². The van der Waals surface area contributed by atoms with Crippen LogP contribution < -0.4 is 9.64 Å². The summed E-state index contributed by atoms with van der Waals surface area (Å²) in [6.07, 6.45) is 0. The number of anilines is 1. The number of ether oxygens (including phenoxy) is 1. The summed E-state index contributed by atoms with van der Waals surface area (Å²) in [6, 6.07) is 5.07. The zero-order valence-electron chi connectivity index (χ0n) is 11.0. The minimum Gasteiger partial charge on any atom is -0.497 e. The highest BCUT2D eigenvalue weighted by atomic mass is 32.1. The first kappa shape index (κ1) is 12.8. The number of Topliss-reactive ketones (excluding diaryl/α,β-unsaturated/α-hetero) is 1. The first-order valence-corrected chi connectivity index (χ1v) is 6.93. The van der Waals surface area contributed by atoms with Gasteiger partial charge < -0.3 is 4.74 Å². The Bertz CT molecular complexity index is 708. The molecule has 5 nitrogen and oxygen atoms in total. The van der Waals surface area contributed by atoms with E-state index in [4.69, 9.17) is 4.74 Å². The lowest BCUT2D eigenvalue weighted by molar-refractivity contribution is -0.114. The van der Waals surface area contributed by atoms with Crippen LogP contribution in [-0.2, 0) is 11.3 Å². The lowest BCUT2D eigenvalue weighted by Gasteiger charge is -2.15. The number of benzene rings is 1. The van der Waals surface area contributed by atoms with Crippen LogP contribution in [0.15, 0.2) is 23.6 Å². The van der Waals surface area contributed by atoms with Crippen LogP contribution in [0.1, 0.15) is 21.1 Å². The number of fused-ring (bicyclic) bond motifs is 1. The molecular formula is C14H12N2O3S. The van der Waals surface area contributed by atoms with Gasteiger partial charge in [0.25, 0.3) is 11.7 Å². The van der Waals surface area contributed by atoms with Crippen molar-refractivity contribution in [1.82, 2.24) is 4.98 Å². The Labute approximate surface area is 119 Å². The van der Waals surface area contributed by atoms with Gasteiger partial charge in [-0.05, 0) is 25.1 Å². The molecule has 2 aromatic rings. The van der Waals surface area contributed by atoms with Crippen LogP contribution in [0, 0.1) is 6.92 Å². The van der Waals surface area contributed by atoms with Crippen LogP contribution in [0.5, 0.6) is 5.75 Å². The molecule has 1 aliphatic rings. The average molecular weight is 288 g/mol. The van der Waals surface area contributed by atoms with Gasteiger partial charge in [0.15, 0.2) is 0 Å². The van der Waals surface area contributed by atoms with E-state index in [1.165, 1.54) is 23.3 Å². The molecule has 0 saturated heterocycles. The highest BCUT2D eigenvalue weighted by molar-refractivity contribution is 7.09. The van der Waals surface area contributed by atoms with E-state index < -0.39 is 11.7 Å². The number of amides is 1. The standard InChI is InChI=1S/C14H12N2O3S/c1-8-15-9(7-20-8)6-16-12-4-3-10(19-2)5-11(12)13(17)14(16)18/h3-5,7H,6H2,1-2H3. The Morgan fingerprint density at radius 1 is 1.35 bits per heavy atom. The summed E-state index contributed by atoms with van der Waals surface area (Å²) in [5, 5.41) is 2.84. The number of carbonyl (C=O) groups excluding carboxylic acids is 2. The van der Waals surface area contributed by atoms with Crippen molar-refractivity contribution >= 4 is 28.7 Å². The maximum atomic E-state index is 12.1. The molecule has 0 saturated carbocycles. The predicted molar refractivity (Wildman–Crippen MR) is 75.4 cm³/mol. The Balaban J connectivity index is 1.98. The minimum atomic E-state index is -0.515. The SMILES string of the molecule is COc1ccc2c(c1)C(=O)C(=O)N2Cc1csc(C)n1. The number of aryl methyl sites for hydroxylation is 1. The van der Waals surface area contributed by atoms with Gasteiger partial charge in [0.2, 0.25) is 0 Å². The van der Waals surface area contributed by atoms with E-state index in [-0.39, 0.29) is 0 Å². The predicted octanol–water partition coefficient (Wildman–Crippen LogP) is 2.19. The quantitative estimate of drug-likeness (QED) is 0.812. The van der Waals surface area contributed by atoms with Gasteiger partial charge in [-0.2, -0.15) is 0 Å². The first-order valence-electron chi connectivity index (χ1n) is 6.05. The van der Waals surface area contributed by atoms with Gasteiger partial charge >= 0.3 is 0 Å². The second-order valence-electron chi connectivity index (χ2n) is 4.46. The Hall–Kier alpha value is -2.21. The molecule has 0 N–H and O–H groups in total. The molecule has 2 heterocycles. The summed E-state index contributed by atoms with van der Waals surface area (Å²) < 4.78 is 5.09. The third kappa shape index (κ3) is 1.98. The maximum absolute atomic E-state index is 12.1. The van der Waals surface area contributed by atoms with E-state index in [2.05, 4.69) is 4.98 Å². The van der Waals surface area contributed by atoms with Crippen molar-refractivity contribution in [2.24, 2.45) is 0 Å². The third-order valence-electron chi connectivity index (χ3n) is 3.17. The monoisotopic (exact) mass is 288 g/mol. The number of carbonyl (C=O) groups is 2. The van der Waals surface area contributed by atoms with Crippen molar-refractivity contribution in [2.75, 3.05) is 12.0 Å². The number of nitrogens with zero attached hydrogens (tertiary/aromatic N) is 2. The summed E-state index contributed by atoms with van der Waals surface area (Å²) in [7, 11) is 1.53. The molecular weight excluding hydrogens is 276 g/mol. The van der Waals surface area contributed by atoms with Crippen LogP contribution in [0.2, 0.25) is 0 Å². The molecule has 0 atom stereocenters. The van der Waals surface area contributed by atoms with Crippen molar-refractivity contribution in [1.29, 1.82) is 0 Å². The summed E-state index contributed by atoms with van der Waals surface area (Å²) in [6.45, 7) is 2.22. The van der Waals surface area contributed by atoms with E-state index >= 15 is 0 Å². The Morgan fingerprint density at radius 2 is 2.15 bits per heavy atom. The molecule has 1 amide bonds. The molecule has 102 valence electrons. The van der Waals surface area contributed by atoms with Crippen LogP contribution >= 0.6 is 11.3 Å². The molecule has 0 radical (unpaired) electrons. The molecule has 0 spiro atoms. The molecule has 0 aliphatic carbocycles. The maximum Gasteiger partial charge on any atom is 0.299 e. The molecule has 1 aliphatic heterocycles. The first-order chi connectivity index (χ1) is 9.60. The molecule has 0 bridgehead atoms. The lowest BCUT2D eigenvalue weighted by Crippen LogP contribution is -2.29. The van der Waals surface area contributed by atoms with Gasteiger partial charge in [0.05, 0.1) is 35.6 Å².